The summed E-state index contributed by atoms with van der Waals surface area (Å²) in [5.41, 5.74) is 6.05. The lowest BCUT2D eigenvalue weighted by Crippen LogP contribution is -2.28. The Hall–Kier alpha value is -4.27. The highest BCUT2D eigenvalue weighted by Crippen LogP contribution is 2.49. The monoisotopic (exact) mass is 578 g/mol. The maximum atomic E-state index is 12.8. The minimum atomic E-state index is -4.27. The highest BCUT2D eigenvalue weighted by molar-refractivity contribution is 7.85. The molecule has 0 aliphatic carbocycles. The number of para-hydroxylation sites is 3. The summed E-state index contributed by atoms with van der Waals surface area (Å²) in [7, 11) is -4.27. The number of fused-ring (bicyclic) bond motifs is 5. The molecule has 202 valence electrons. The summed E-state index contributed by atoms with van der Waals surface area (Å²) >= 11 is 6.23. The Morgan fingerprint density at radius 1 is 0.780 bits per heavy atom. The van der Waals surface area contributed by atoms with E-state index < -0.39 is 15.7 Å². The van der Waals surface area contributed by atoms with E-state index in [1.54, 1.807) is 12.1 Å². The molecule has 1 unspecified atom stereocenters. The predicted molar refractivity (Wildman–Crippen MR) is 159 cm³/mol. The third-order valence-corrected chi connectivity index (χ3v) is 8.80. The smallest absolute Gasteiger partial charge is 0.294 e. The van der Waals surface area contributed by atoms with Gasteiger partial charge in [0.25, 0.3) is 10.1 Å². The molecule has 1 atom stereocenters. The molecule has 0 amide bonds. The summed E-state index contributed by atoms with van der Waals surface area (Å²) in [5, 5.41) is 13.4. The number of hydrogen-bond acceptors (Lipinski definition) is 4. The molecular weight excluding hydrogens is 556 g/mol. The van der Waals surface area contributed by atoms with Gasteiger partial charge in [0.05, 0.1) is 21.6 Å². The van der Waals surface area contributed by atoms with Crippen LogP contribution in [0.5, 0.6) is 0 Å². The Bertz CT molecular complexity index is 2070. The van der Waals surface area contributed by atoms with E-state index in [4.69, 9.17) is 16.6 Å². The van der Waals surface area contributed by atoms with E-state index in [0.29, 0.717) is 22.8 Å². The molecule has 0 fully saturated rings. The molecular formula is C33H23ClN2O4S. The molecule has 0 radical (unpaired) electrons. The van der Waals surface area contributed by atoms with Gasteiger partial charge in [0.2, 0.25) is 0 Å². The second kappa shape index (κ2) is 9.39. The first-order valence-electron chi connectivity index (χ1n) is 13.0. The van der Waals surface area contributed by atoms with Gasteiger partial charge in [-0.15, -0.1) is 0 Å². The average molecular weight is 579 g/mol. The van der Waals surface area contributed by atoms with Crippen LogP contribution in [0, 0.1) is 0 Å². The van der Waals surface area contributed by atoms with E-state index in [1.807, 2.05) is 95.6 Å². The zero-order valence-electron chi connectivity index (χ0n) is 21.6. The van der Waals surface area contributed by atoms with Crippen molar-refractivity contribution in [2.24, 2.45) is 0 Å². The zero-order chi connectivity index (χ0) is 28.4. The lowest BCUT2D eigenvalue weighted by atomic mass is 9.81. The van der Waals surface area contributed by atoms with Gasteiger partial charge in [0.1, 0.15) is 0 Å². The van der Waals surface area contributed by atoms with E-state index in [0.717, 1.165) is 44.5 Å². The molecule has 8 heteroatoms. The Morgan fingerprint density at radius 3 is 2.22 bits per heavy atom. The van der Waals surface area contributed by atoms with Crippen molar-refractivity contribution in [2.75, 3.05) is 0 Å². The van der Waals surface area contributed by atoms with E-state index in [-0.39, 0.29) is 4.90 Å². The van der Waals surface area contributed by atoms with Crippen molar-refractivity contribution in [1.82, 2.24) is 9.55 Å². The molecule has 2 N–H and O–H groups in total. The molecule has 2 heterocycles. The van der Waals surface area contributed by atoms with Crippen molar-refractivity contribution in [3.05, 3.63) is 148 Å². The number of hydrogen-bond donors (Lipinski definition) is 2. The van der Waals surface area contributed by atoms with E-state index in [2.05, 4.69) is 0 Å². The summed E-state index contributed by atoms with van der Waals surface area (Å²) in [6, 6.07) is 35.3. The van der Waals surface area contributed by atoms with Gasteiger partial charge in [-0.25, -0.2) is 4.98 Å². The van der Waals surface area contributed by atoms with Crippen LogP contribution in [-0.4, -0.2) is 27.6 Å². The largest absolute Gasteiger partial charge is 0.373 e. The predicted octanol–water partition coefficient (Wildman–Crippen LogP) is 6.78. The first kappa shape index (κ1) is 25.7. The fourth-order valence-electron chi connectivity index (χ4n) is 5.77. The van der Waals surface area contributed by atoms with Gasteiger partial charge < -0.3 is 5.11 Å². The van der Waals surface area contributed by atoms with Gasteiger partial charge in [0.15, 0.2) is 11.4 Å². The molecule has 6 nitrogen and oxygen atoms in total. The Morgan fingerprint density at radius 2 is 1.46 bits per heavy atom. The van der Waals surface area contributed by atoms with Gasteiger partial charge in [-0.2, -0.15) is 8.42 Å². The second-order valence-electron chi connectivity index (χ2n) is 10.2. The second-order valence-corrected chi connectivity index (χ2v) is 12.0. The third kappa shape index (κ3) is 4.17. The maximum Gasteiger partial charge on any atom is 0.294 e. The topological polar surface area (TPSA) is 92.4 Å². The van der Waals surface area contributed by atoms with Crippen molar-refractivity contribution in [2.45, 2.75) is 16.9 Å². The standard InChI is InChI=1S/C33H23ClN2O4S/c34-24-14-12-23(13-15-24)26-20-22(19-21-9-16-25(17-10-21)41(38,39)40)11-18-27(26)33(37)28-5-1-3-7-30(28)36-31-8-4-2-6-29(31)35-32(33)36/h1-18,20,37H,19H2,(H,38,39,40). The molecule has 0 saturated heterocycles. The van der Waals surface area contributed by atoms with Crippen molar-refractivity contribution < 1.29 is 18.1 Å². The van der Waals surface area contributed by atoms with Crippen LogP contribution in [0.2, 0.25) is 5.02 Å². The Labute approximate surface area is 241 Å². The van der Waals surface area contributed by atoms with E-state index in [9.17, 15) is 18.1 Å². The number of aromatic nitrogens is 2. The van der Waals surface area contributed by atoms with Crippen LogP contribution >= 0.6 is 11.6 Å². The molecule has 41 heavy (non-hydrogen) atoms. The molecule has 7 rings (SSSR count). The average Bonchev–Trinajstić information content (AvgIpc) is 3.48. The van der Waals surface area contributed by atoms with Crippen molar-refractivity contribution >= 4 is 32.8 Å². The molecule has 1 aliphatic rings. The number of nitrogens with zero attached hydrogens (tertiary/aromatic N) is 2. The first-order valence-corrected chi connectivity index (χ1v) is 14.8. The van der Waals surface area contributed by atoms with Gasteiger partial charge in [-0.05, 0) is 71.1 Å². The minimum absolute atomic E-state index is 0.150. The highest BCUT2D eigenvalue weighted by atomic mass is 35.5. The van der Waals surface area contributed by atoms with Crippen molar-refractivity contribution in [3.63, 3.8) is 0 Å². The number of imidazole rings is 1. The number of rotatable bonds is 5. The fraction of sp³-hybridized carbons (Fsp3) is 0.0606. The number of benzene rings is 5. The number of halogens is 1. The van der Waals surface area contributed by atoms with Gasteiger partial charge >= 0.3 is 0 Å². The maximum absolute atomic E-state index is 12.8. The lowest BCUT2D eigenvalue weighted by molar-refractivity contribution is 0.123. The molecule has 5 aromatic carbocycles. The minimum Gasteiger partial charge on any atom is -0.373 e. The highest BCUT2D eigenvalue weighted by Gasteiger charge is 2.47. The van der Waals surface area contributed by atoms with Crippen LogP contribution in [0.15, 0.2) is 120 Å². The quantitative estimate of drug-likeness (QED) is 0.220. The lowest BCUT2D eigenvalue weighted by Gasteiger charge is -2.27. The van der Waals surface area contributed by atoms with Gasteiger partial charge in [0, 0.05) is 16.1 Å². The molecule has 0 bridgehead atoms. The van der Waals surface area contributed by atoms with Crippen LogP contribution in [0.1, 0.15) is 28.1 Å². The summed E-state index contributed by atoms with van der Waals surface area (Å²) in [6.07, 6.45) is 0.514. The Balaban J connectivity index is 1.42. The van der Waals surface area contributed by atoms with Crippen LogP contribution in [0.4, 0.5) is 0 Å². The normalized spacial score (nSPS) is 16.1. The molecule has 6 aromatic rings. The first-order chi connectivity index (χ1) is 19.7. The van der Waals surface area contributed by atoms with Gasteiger partial charge in [-0.1, -0.05) is 84.4 Å². The van der Waals surface area contributed by atoms with Crippen molar-refractivity contribution in [3.8, 4) is 16.8 Å². The third-order valence-electron chi connectivity index (χ3n) is 7.68. The van der Waals surface area contributed by atoms with E-state index >= 15 is 0 Å². The summed E-state index contributed by atoms with van der Waals surface area (Å²) in [6.45, 7) is 0. The van der Waals surface area contributed by atoms with Gasteiger partial charge in [-0.3, -0.25) is 9.12 Å². The molecule has 0 spiro atoms. The molecule has 0 saturated carbocycles. The summed E-state index contributed by atoms with van der Waals surface area (Å²) in [5.74, 6) is 0.531. The van der Waals surface area contributed by atoms with Crippen LogP contribution < -0.4 is 0 Å². The van der Waals surface area contributed by atoms with Crippen LogP contribution in [0.25, 0.3) is 27.8 Å². The SMILES string of the molecule is O=S(=O)(O)c1ccc(Cc2ccc(C3(O)c4ccccc4-n4c3nc3ccccc34)c(-c3ccc(Cl)cc3)c2)cc1. The Kier molecular flexibility index (Phi) is 5.88. The molecule has 1 aromatic heterocycles. The van der Waals surface area contributed by atoms with E-state index in [1.165, 1.54) is 12.1 Å². The molecule has 1 aliphatic heterocycles. The fourth-order valence-corrected chi connectivity index (χ4v) is 6.38. The number of aliphatic hydroxyl groups is 1. The zero-order valence-corrected chi connectivity index (χ0v) is 23.1. The van der Waals surface area contributed by atoms with Crippen LogP contribution in [-0.2, 0) is 22.1 Å². The summed E-state index contributed by atoms with van der Waals surface area (Å²) < 4.78 is 34.3. The van der Waals surface area contributed by atoms with Crippen molar-refractivity contribution in [1.29, 1.82) is 0 Å². The summed E-state index contributed by atoms with van der Waals surface area (Å²) in [4.78, 5) is 4.78. The van der Waals surface area contributed by atoms with Crippen LogP contribution in [0.3, 0.4) is 0 Å².